The Hall–Kier alpha value is -0.0800. The van der Waals surface area contributed by atoms with Crippen LogP contribution in [0.5, 0.6) is 0 Å². The number of allylic oxidation sites excluding steroid dienone is 1. The van der Waals surface area contributed by atoms with Gasteiger partial charge in [-0.3, -0.25) is 0 Å². The number of rotatable bonds is 5. The van der Waals surface area contributed by atoms with Crippen molar-refractivity contribution >= 4 is 41.9 Å². The Morgan fingerprint density at radius 1 is 1.19 bits per heavy atom. The summed E-state index contributed by atoms with van der Waals surface area (Å²) in [6.45, 7) is 7.68. The van der Waals surface area contributed by atoms with Gasteiger partial charge >= 0.3 is 0 Å². The summed E-state index contributed by atoms with van der Waals surface area (Å²) >= 11 is 10.1. The van der Waals surface area contributed by atoms with Gasteiger partial charge in [0.25, 0.3) is 0 Å². The lowest BCUT2D eigenvalue weighted by Gasteiger charge is -2.42. The van der Waals surface area contributed by atoms with E-state index in [-0.39, 0.29) is 5.25 Å². The lowest BCUT2D eigenvalue weighted by molar-refractivity contribution is 0.0639. The minimum Gasteiger partial charge on any atom is -0.336 e. The number of halogens is 5. The van der Waals surface area contributed by atoms with E-state index in [4.69, 9.17) is 16.3 Å². The minimum absolute atomic E-state index is 0.183. The molecule has 1 nitrogen and oxygen atoms in total. The zero-order valence-corrected chi connectivity index (χ0v) is 17.6. The van der Waals surface area contributed by atoms with Gasteiger partial charge in [-0.2, -0.15) is 12.6 Å². The van der Waals surface area contributed by atoms with Crippen molar-refractivity contribution in [1.82, 2.24) is 0 Å². The van der Waals surface area contributed by atoms with Gasteiger partial charge in [0.05, 0.1) is 10.5 Å². The van der Waals surface area contributed by atoms with Crippen LogP contribution in [0.1, 0.15) is 33.1 Å². The van der Waals surface area contributed by atoms with Gasteiger partial charge in [-0.1, -0.05) is 35.3 Å². The van der Waals surface area contributed by atoms with Crippen LogP contribution >= 0.6 is 30.1 Å². The van der Waals surface area contributed by atoms with Crippen LogP contribution in [0, 0.1) is 35.0 Å². The molecule has 1 saturated carbocycles. The van der Waals surface area contributed by atoms with Gasteiger partial charge in [-0.15, -0.1) is 0 Å². The van der Waals surface area contributed by atoms with Crippen molar-refractivity contribution in [2.45, 2.75) is 48.9 Å². The fraction of sp³-hybridized carbons (Fsp3) is 0.500. The topological polar surface area (TPSA) is 9.23 Å². The maximum atomic E-state index is 13.8. The molecule has 1 aromatic carbocycles. The summed E-state index contributed by atoms with van der Waals surface area (Å²) in [7, 11) is 0. The van der Waals surface area contributed by atoms with Crippen molar-refractivity contribution in [3.63, 3.8) is 0 Å². The molecule has 0 amide bonds. The summed E-state index contributed by atoms with van der Waals surface area (Å²) in [5.74, 6) is -9.64. The molecule has 0 aliphatic heterocycles. The second-order valence-electron chi connectivity index (χ2n) is 6.50. The van der Waals surface area contributed by atoms with Crippen LogP contribution in [-0.4, -0.2) is 10.9 Å². The molecule has 10 heteroatoms. The standard InChI is InChI=1S/C16H18F5OPS3/c1-7(2)8-4-5-16(3,9(24)6-8)22-23(25)26-15-13(20)11(18)10(17)12(19)14(15)21/h8-9,23-24H,1,4-6H2,2-3H3/t8-,9+,16+/m0/s1. The van der Waals surface area contributed by atoms with Crippen molar-refractivity contribution in [2.75, 3.05) is 0 Å². The predicted octanol–water partition coefficient (Wildman–Crippen LogP) is 6.43. The van der Waals surface area contributed by atoms with Crippen LogP contribution in [0.3, 0.4) is 0 Å². The lowest BCUT2D eigenvalue weighted by Crippen LogP contribution is -2.42. The number of hydrogen-bond donors (Lipinski definition) is 1. The van der Waals surface area contributed by atoms with Crippen molar-refractivity contribution < 1.29 is 26.5 Å². The Morgan fingerprint density at radius 3 is 2.15 bits per heavy atom. The molecular weight excluding hydrogens is 430 g/mol. The van der Waals surface area contributed by atoms with E-state index in [0.29, 0.717) is 30.1 Å². The van der Waals surface area contributed by atoms with Crippen molar-refractivity contribution in [1.29, 1.82) is 0 Å². The Kier molecular flexibility index (Phi) is 7.27. The fourth-order valence-electron chi connectivity index (χ4n) is 2.80. The maximum absolute atomic E-state index is 13.8. The molecule has 1 aliphatic rings. The molecule has 146 valence electrons. The van der Waals surface area contributed by atoms with E-state index in [2.05, 4.69) is 19.2 Å². The zero-order chi connectivity index (χ0) is 19.8. The zero-order valence-electron chi connectivity index (χ0n) is 14.0. The van der Waals surface area contributed by atoms with Crippen molar-refractivity contribution in [3.05, 3.63) is 41.2 Å². The molecule has 0 heterocycles. The van der Waals surface area contributed by atoms with Crippen LogP contribution in [0.2, 0.25) is 0 Å². The summed E-state index contributed by atoms with van der Waals surface area (Å²) < 4.78 is 73.2. The van der Waals surface area contributed by atoms with Crippen LogP contribution in [-0.2, 0) is 16.3 Å². The molecule has 1 fully saturated rings. The van der Waals surface area contributed by atoms with Crippen molar-refractivity contribution in [3.8, 4) is 0 Å². The fourth-order valence-corrected chi connectivity index (χ4v) is 7.58. The molecule has 1 unspecified atom stereocenters. The molecule has 1 aromatic rings. The summed E-state index contributed by atoms with van der Waals surface area (Å²) in [5, 5.41) is -0.183. The largest absolute Gasteiger partial charge is 0.336 e. The molecular formula is C16H18F5OPS3. The Morgan fingerprint density at radius 2 is 1.69 bits per heavy atom. The molecule has 2 rings (SSSR count). The monoisotopic (exact) mass is 448 g/mol. The lowest BCUT2D eigenvalue weighted by atomic mass is 9.77. The summed E-state index contributed by atoms with van der Waals surface area (Å²) in [4.78, 5) is -1.000. The van der Waals surface area contributed by atoms with Gasteiger partial charge < -0.3 is 4.52 Å². The van der Waals surface area contributed by atoms with Gasteiger partial charge in [0, 0.05) is 5.25 Å². The minimum atomic E-state index is -2.37. The van der Waals surface area contributed by atoms with E-state index < -0.39 is 45.7 Å². The number of hydrogen-bond acceptors (Lipinski definition) is 4. The Labute approximate surface area is 164 Å². The second kappa shape index (κ2) is 8.52. The third kappa shape index (κ3) is 4.49. The second-order valence-corrected chi connectivity index (χ2v) is 12.1. The van der Waals surface area contributed by atoms with E-state index in [1.54, 1.807) is 6.92 Å². The molecule has 0 aromatic heterocycles. The van der Waals surface area contributed by atoms with E-state index in [9.17, 15) is 22.0 Å². The molecule has 1 aliphatic carbocycles. The van der Waals surface area contributed by atoms with E-state index in [1.807, 2.05) is 6.92 Å². The van der Waals surface area contributed by atoms with Crippen LogP contribution in [0.15, 0.2) is 17.0 Å². The van der Waals surface area contributed by atoms with E-state index >= 15 is 0 Å². The number of benzene rings is 1. The first kappa shape index (κ1) is 22.2. The van der Waals surface area contributed by atoms with Gasteiger partial charge in [0.15, 0.2) is 23.3 Å². The third-order valence-corrected chi connectivity index (χ3v) is 9.05. The normalized spacial score (nSPS) is 27.4. The Bertz CT molecular complexity index is 731. The van der Waals surface area contributed by atoms with Crippen molar-refractivity contribution in [2.24, 2.45) is 5.92 Å². The molecule has 4 atom stereocenters. The Balaban J connectivity index is 2.16. The van der Waals surface area contributed by atoms with Gasteiger partial charge in [0.2, 0.25) is 5.82 Å². The summed E-state index contributed by atoms with van der Waals surface area (Å²) in [6, 6.07) is 0. The maximum Gasteiger partial charge on any atom is 0.200 e. The number of thiol groups is 1. The van der Waals surface area contributed by atoms with E-state index in [1.165, 1.54) is 0 Å². The van der Waals surface area contributed by atoms with Gasteiger partial charge in [-0.25, -0.2) is 22.0 Å². The average molecular weight is 448 g/mol. The average Bonchev–Trinajstić information content (AvgIpc) is 2.57. The quantitative estimate of drug-likeness (QED) is 0.139. The van der Waals surface area contributed by atoms with E-state index in [0.717, 1.165) is 12.0 Å². The summed E-state index contributed by atoms with van der Waals surface area (Å²) in [6.07, 6.45) is -0.232. The van der Waals surface area contributed by atoms with Crippen LogP contribution in [0.25, 0.3) is 0 Å². The van der Waals surface area contributed by atoms with Crippen LogP contribution in [0.4, 0.5) is 22.0 Å². The molecule has 0 spiro atoms. The highest BCUT2D eigenvalue weighted by molar-refractivity contribution is 8.62. The first-order valence-corrected chi connectivity index (χ1v) is 12.3. The first-order valence-electron chi connectivity index (χ1n) is 7.73. The molecule has 0 radical (unpaired) electrons. The molecule has 0 bridgehead atoms. The smallest absolute Gasteiger partial charge is 0.200 e. The molecule has 0 N–H and O–H groups in total. The van der Waals surface area contributed by atoms with Gasteiger partial charge in [-0.05, 0) is 39.0 Å². The third-order valence-electron chi connectivity index (χ3n) is 4.57. The van der Waals surface area contributed by atoms with Crippen LogP contribution < -0.4 is 0 Å². The predicted molar refractivity (Wildman–Crippen MR) is 102 cm³/mol. The first-order chi connectivity index (χ1) is 12.0. The SMILES string of the molecule is C=C(C)[C@H]1CC[C@@](C)(O[PH](=S)Sc2c(F)c(F)c(F)c(F)c2F)[C@H](S)C1. The molecule has 0 saturated heterocycles. The van der Waals surface area contributed by atoms with Gasteiger partial charge in [0.1, 0.15) is 6.13 Å². The highest BCUT2D eigenvalue weighted by Crippen LogP contribution is 2.53. The summed E-state index contributed by atoms with van der Waals surface area (Å²) in [5.41, 5.74) is 0.313. The highest BCUT2D eigenvalue weighted by Gasteiger charge is 2.40. The highest BCUT2D eigenvalue weighted by atomic mass is 32.9. The molecule has 26 heavy (non-hydrogen) atoms.